The number of nitrogens with zero attached hydrogens (tertiary/aromatic N) is 1. The Balaban J connectivity index is 1.11. The lowest BCUT2D eigenvalue weighted by molar-refractivity contribution is 0.662. The highest BCUT2D eigenvalue weighted by Gasteiger charge is 2.37. The van der Waals surface area contributed by atoms with E-state index in [1.165, 1.54) is 49.5 Å². The normalized spacial score (nSPS) is 13.1. The number of para-hydroxylation sites is 1. The molecule has 0 aliphatic heterocycles. The zero-order chi connectivity index (χ0) is 36.7. The maximum absolute atomic E-state index is 6.66. The van der Waals surface area contributed by atoms with E-state index in [9.17, 15) is 0 Å². The molecule has 2 heteroatoms. The first-order chi connectivity index (χ1) is 27.1. The molecule has 0 saturated heterocycles. The third-order valence-corrected chi connectivity index (χ3v) is 11.8. The Morgan fingerprint density at radius 1 is 0.418 bits per heavy atom. The molecule has 0 saturated carbocycles. The van der Waals surface area contributed by atoms with E-state index in [1.807, 2.05) is 0 Å². The van der Waals surface area contributed by atoms with E-state index in [0.717, 1.165) is 55.5 Å². The molecule has 260 valence electrons. The van der Waals surface area contributed by atoms with Crippen molar-refractivity contribution in [3.05, 3.63) is 199 Å². The predicted octanol–water partition coefficient (Wildman–Crippen LogP) is 15.0. The molecule has 55 heavy (non-hydrogen) atoms. The van der Waals surface area contributed by atoms with Crippen molar-refractivity contribution >= 4 is 60.5 Å². The SMILES string of the molecule is CC1(C)c2ccccc2-c2cccc(-c3ccc(N(c4ccccc4-c4cccc5oc6c7ccccc7ccc6c45)c4cccc5ccccc45)cc3)c21. The van der Waals surface area contributed by atoms with Crippen molar-refractivity contribution in [1.29, 1.82) is 0 Å². The molecule has 0 spiro atoms. The smallest absolute Gasteiger partial charge is 0.143 e. The largest absolute Gasteiger partial charge is 0.455 e. The lowest BCUT2D eigenvalue weighted by atomic mass is 9.79. The molecule has 0 N–H and O–H groups in total. The molecule has 0 amide bonds. The summed E-state index contributed by atoms with van der Waals surface area (Å²) in [5.74, 6) is 0. The van der Waals surface area contributed by atoms with Crippen molar-refractivity contribution in [2.24, 2.45) is 0 Å². The van der Waals surface area contributed by atoms with Crippen LogP contribution in [0.25, 0.3) is 76.9 Å². The van der Waals surface area contributed by atoms with Crippen molar-refractivity contribution in [3.8, 4) is 33.4 Å². The summed E-state index contributed by atoms with van der Waals surface area (Å²) in [6.45, 7) is 4.72. The maximum atomic E-state index is 6.66. The second-order valence-electron chi connectivity index (χ2n) is 15.2. The Morgan fingerprint density at radius 2 is 1.02 bits per heavy atom. The second kappa shape index (κ2) is 12.1. The highest BCUT2D eigenvalue weighted by molar-refractivity contribution is 6.20. The molecular formula is C53H37NO. The summed E-state index contributed by atoms with van der Waals surface area (Å²) in [5.41, 5.74) is 15.3. The van der Waals surface area contributed by atoms with Crippen LogP contribution in [0, 0.1) is 0 Å². The fourth-order valence-electron chi connectivity index (χ4n) is 9.36. The van der Waals surface area contributed by atoms with Crippen LogP contribution in [0.15, 0.2) is 192 Å². The highest BCUT2D eigenvalue weighted by Crippen LogP contribution is 2.53. The summed E-state index contributed by atoms with van der Waals surface area (Å²) in [6.07, 6.45) is 0. The molecule has 1 heterocycles. The Bertz CT molecular complexity index is 3120. The van der Waals surface area contributed by atoms with Crippen molar-refractivity contribution in [1.82, 2.24) is 0 Å². The van der Waals surface area contributed by atoms with Gasteiger partial charge in [-0.25, -0.2) is 0 Å². The highest BCUT2D eigenvalue weighted by atomic mass is 16.3. The van der Waals surface area contributed by atoms with Gasteiger partial charge >= 0.3 is 0 Å². The molecule has 9 aromatic carbocycles. The van der Waals surface area contributed by atoms with E-state index >= 15 is 0 Å². The van der Waals surface area contributed by atoms with E-state index in [1.54, 1.807) is 0 Å². The van der Waals surface area contributed by atoms with Crippen LogP contribution in [0.1, 0.15) is 25.0 Å². The molecule has 0 bridgehead atoms. The molecule has 10 aromatic rings. The lowest BCUT2D eigenvalue weighted by Crippen LogP contribution is -2.16. The second-order valence-corrected chi connectivity index (χ2v) is 15.2. The van der Waals surface area contributed by atoms with Gasteiger partial charge in [0.25, 0.3) is 0 Å². The fourth-order valence-corrected chi connectivity index (χ4v) is 9.36. The molecule has 11 rings (SSSR count). The monoisotopic (exact) mass is 703 g/mol. The standard InChI is InChI=1S/C53H37NO/c1-53(2)46-24-9-7-19-41(46)44-23-12-21-39(51(44)53)36-28-31-37(32-29-36)54(47-26-11-16-34-14-3-5-17-38(34)47)48-25-10-8-20-42(48)43-22-13-27-49-50(43)45-33-30-35-15-4-6-18-40(35)52(45)55-49/h3-33H,1-2H3. The van der Waals surface area contributed by atoms with Gasteiger partial charge in [0, 0.05) is 38.2 Å². The van der Waals surface area contributed by atoms with Crippen LogP contribution in [0.2, 0.25) is 0 Å². The minimum Gasteiger partial charge on any atom is -0.455 e. The maximum Gasteiger partial charge on any atom is 0.143 e. The van der Waals surface area contributed by atoms with Gasteiger partial charge in [-0.15, -0.1) is 0 Å². The van der Waals surface area contributed by atoms with Gasteiger partial charge in [-0.2, -0.15) is 0 Å². The molecule has 1 aliphatic carbocycles. The zero-order valence-electron chi connectivity index (χ0n) is 30.8. The molecule has 0 atom stereocenters. The number of furan rings is 1. The summed E-state index contributed by atoms with van der Waals surface area (Å²) in [6, 6.07) is 68.3. The van der Waals surface area contributed by atoms with Gasteiger partial charge in [-0.05, 0) is 86.1 Å². The quantitative estimate of drug-likeness (QED) is 0.177. The number of hydrogen-bond acceptors (Lipinski definition) is 2. The van der Waals surface area contributed by atoms with E-state index < -0.39 is 0 Å². The average Bonchev–Trinajstić information content (AvgIpc) is 3.74. The molecule has 0 unspecified atom stereocenters. The van der Waals surface area contributed by atoms with Crippen LogP contribution in [-0.4, -0.2) is 0 Å². The van der Waals surface area contributed by atoms with Gasteiger partial charge < -0.3 is 9.32 Å². The van der Waals surface area contributed by atoms with Gasteiger partial charge in [0.2, 0.25) is 0 Å². The Morgan fingerprint density at radius 3 is 1.87 bits per heavy atom. The first-order valence-corrected chi connectivity index (χ1v) is 19.1. The Hall–Kier alpha value is -6.90. The summed E-state index contributed by atoms with van der Waals surface area (Å²) in [7, 11) is 0. The summed E-state index contributed by atoms with van der Waals surface area (Å²) in [5, 5.41) is 6.96. The van der Waals surface area contributed by atoms with Crippen LogP contribution in [-0.2, 0) is 5.41 Å². The van der Waals surface area contributed by atoms with Crippen LogP contribution >= 0.6 is 0 Å². The lowest BCUT2D eigenvalue weighted by Gasteiger charge is -2.29. The van der Waals surface area contributed by atoms with Crippen LogP contribution in [0.3, 0.4) is 0 Å². The number of anilines is 3. The third kappa shape index (κ3) is 4.74. The average molecular weight is 704 g/mol. The van der Waals surface area contributed by atoms with Crippen molar-refractivity contribution in [3.63, 3.8) is 0 Å². The summed E-state index contributed by atoms with van der Waals surface area (Å²) < 4.78 is 6.66. The van der Waals surface area contributed by atoms with E-state index in [2.05, 4.69) is 207 Å². The molecule has 2 nitrogen and oxygen atoms in total. The van der Waals surface area contributed by atoms with Gasteiger partial charge in [-0.1, -0.05) is 166 Å². The van der Waals surface area contributed by atoms with Crippen LogP contribution < -0.4 is 4.90 Å². The minimum atomic E-state index is -0.0975. The van der Waals surface area contributed by atoms with E-state index in [-0.39, 0.29) is 5.41 Å². The van der Waals surface area contributed by atoms with Gasteiger partial charge in [0.05, 0.1) is 11.4 Å². The van der Waals surface area contributed by atoms with Crippen molar-refractivity contribution in [2.75, 3.05) is 4.90 Å². The molecule has 1 aliphatic rings. The van der Waals surface area contributed by atoms with Gasteiger partial charge in [-0.3, -0.25) is 0 Å². The topological polar surface area (TPSA) is 16.4 Å². The summed E-state index contributed by atoms with van der Waals surface area (Å²) in [4.78, 5) is 2.44. The zero-order valence-corrected chi connectivity index (χ0v) is 30.8. The number of benzene rings is 9. The first-order valence-electron chi connectivity index (χ1n) is 19.1. The molecule has 0 fully saturated rings. The third-order valence-electron chi connectivity index (χ3n) is 11.8. The molecule has 0 radical (unpaired) electrons. The van der Waals surface area contributed by atoms with Gasteiger partial charge in [0.15, 0.2) is 0 Å². The minimum absolute atomic E-state index is 0.0975. The Kier molecular flexibility index (Phi) is 6.93. The van der Waals surface area contributed by atoms with E-state index in [0.29, 0.717) is 0 Å². The molecular weight excluding hydrogens is 667 g/mol. The molecule has 1 aromatic heterocycles. The fraction of sp³-hybridized carbons (Fsp3) is 0.0566. The number of hydrogen-bond donors (Lipinski definition) is 0. The first kappa shape index (κ1) is 31.6. The van der Waals surface area contributed by atoms with Gasteiger partial charge in [0.1, 0.15) is 11.2 Å². The van der Waals surface area contributed by atoms with Crippen molar-refractivity contribution < 1.29 is 4.42 Å². The van der Waals surface area contributed by atoms with Crippen LogP contribution in [0.4, 0.5) is 17.1 Å². The summed E-state index contributed by atoms with van der Waals surface area (Å²) >= 11 is 0. The predicted molar refractivity (Wildman–Crippen MR) is 232 cm³/mol. The number of fused-ring (bicyclic) bond motifs is 9. The van der Waals surface area contributed by atoms with Crippen molar-refractivity contribution in [2.45, 2.75) is 19.3 Å². The number of rotatable bonds is 5. The van der Waals surface area contributed by atoms with E-state index in [4.69, 9.17) is 4.42 Å². The Labute approximate surface area is 320 Å². The van der Waals surface area contributed by atoms with Crippen LogP contribution in [0.5, 0.6) is 0 Å².